The Labute approximate surface area is 196 Å². The molecule has 2 amide bonds. The molecule has 2 N–H and O–H groups in total. The first-order valence-electron chi connectivity index (χ1n) is 10.4. The molecule has 0 saturated heterocycles. The molecule has 0 unspecified atom stereocenters. The molecule has 1 aliphatic rings. The summed E-state index contributed by atoms with van der Waals surface area (Å²) in [4.78, 5) is 37.6. The average molecular weight is 458 g/mol. The van der Waals surface area contributed by atoms with Crippen molar-refractivity contribution in [1.82, 2.24) is 5.32 Å². The van der Waals surface area contributed by atoms with E-state index in [1.165, 1.54) is 20.1 Å². The van der Waals surface area contributed by atoms with Crippen LogP contribution < -0.4 is 24.8 Å². The molecule has 0 atom stereocenters. The number of Topliss-reactive ketones (excluding diaryl/α,β-unsaturated/α-hetero) is 1. The van der Waals surface area contributed by atoms with Gasteiger partial charge in [0.2, 0.25) is 6.79 Å². The summed E-state index contributed by atoms with van der Waals surface area (Å²) in [6.07, 6.45) is 1.54. The Kier molecular flexibility index (Phi) is 6.59. The first kappa shape index (κ1) is 22.6. The largest absolute Gasteiger partial charge is 0.496 e. The number of rotatable bonds is 7. The van der Waals surface area contributed by atoms with Crippen molar-refractivity contribution in [1.29, 1.82) is 0 Å². The fraction of sp³-hybridized carbons (Fsp3) is 0.115. The number of nitrogens with one attached hydrogen (secondary N) is 2. The maximum absolute atomic E-state index is 13.1. The Morgan fingerprint density at radius 2 is 1.68 bits per heavy atom. The number of methoxy groups -OCH3 is 1. The second-order valence-electron chi connectivity index (χ2n) is 7.41. The van der Waals surface area contributed by atoms with Crippen molar-refractivity contribution in [2.75, 3.05) is 19.2 Å². The van der Waals surface area contributed by atoms with Crippen LogP contribution in [0, 0.1) is 0 Å². The molecule has 0 aliphatic carbocycles. The summed E-state index contributed by atoms with van der Waals surface area (Å²) in [5, 5.41) is 5.42. The second kappa shape index (κ2) is 9.91. The lowest BCUT2D eigenvalue weighted by Crippen LogP contribution is -2.31. The van der Waals surface area contributed by atoms with Gasteiger partial charge in [0.1, 0.15) is 11.4 Å². The van der Waals surface area contributed by atoms with Gasteiger partial charge in [0, 0.05) is 11.3 Å². The van der Waals surface area contributed by atoms with Crippen molar-refractivity contribution in [2.24, 2.45) is 0 Å². The Morgan fingerprint density at radius 3 is 2.41 bits per heavy atom. The maximum Gasteiger partial charge on any atom is 0.272 e. The van der Waals surface area contributed by atoms with Crippen LogP contribution >= 0.6 is 0 Å². The van der Waals surface area contributed by atoms with Crippen molar-refractivity contribution < 1.29 is 28.6 Å². The van der Waals surface area contributed by atoms with Crippen molar-refractivity contribution in [2.45, 2.75) is 6.92 Å². The molecule has 0 radical (unpaired) electrons. The second-order valence-corrected chi connectivity index (χ2v) is 7.41. The summed E-state index contributed by atoms with van der Waals surface area (Å²) in [6.45, 7) is 1.59. The number of hydrogen-bond acceptors (Lipinski definition) is 6. The fourth-order valence-electron chi connectivity index (χ4n) is 3.34. The molecule has 4 rings (SSSR count). The van der Waals surface area contributed by atoms with E-state index in [0.717, 1.165) is 0 Å². The lowest BCUT2D eigenvalue weighted by atomic mass is 10.1. The molecule has 0 saturated carbocycles. The standard InChI is InChI=1S/C26H22N2O6/c1-16(29)18-8-10-19(11-9-18)27-26(31)21(13-17-7-12-23-24(14-17)34-15-33-23)28-25(30)20-5-3-4-6-22(20)32-2/h3-14H,15H2,1-2H3,(H,27,31)(H,28,30)/b21-13-. The van der Waals surface area contributed by atoms with E-state index in [9.17, 15) is 14.4 Å². The highest BCUT2D eigenvalue weighted by atomic mass is 16.7. The van der Waals surface area contributed by atoms with Gasteiger partial charge in [-0.3, -0.25) is 14.4 Å². The van der Waals surface area contributed by atoms with Crippen LogP contribution in [0.5, 0.6) is 17.2 Å². The van der Waals surface area contributed by atoms with Gasteiger partial charge in [-0.05, 0) is 67.1 Å². The topological polar surface area (TPSA) is 103 Å². The summed E-state index contributed by atoms with van der Waals surface area (Å²) in [5.41, 5.74) is 1.91. The van der Waals surface area contributed by atoms with Gasteiger partial charge in [0.25, 0.3) is 11.8 Å². The molecule has 3 aromatic rings. The zero-order chi connectivity index (χ0) is 24.1. The molecular weight excluding hydrogens is 436 g/mol. The quantitative estimate of drug-likeness (QED) is 0.409. The Hall–Kier alpha value is -4.59. The number of fused-ring (bicyclic) bond motifs is 1. The van der Waals surface area contributed by atoms with Gasteiger partial charge in [0.15, 0.2) is 17.3 Å². The van der Waals surface area contributed by atoms with Crippen LogP contribution in [0.1, 0.15) is 33.2 Å². The number of carbonyl (C=O) groups is 3. The minimum atomic E-state index is -0.545. The summed E-state index contributed by atoms with van der Waals surface area (Å²) in [6, 6.07) is 18.4. The number of ketones is 1. The number of hydrogen-bond donors (Lipinski definition) is 2. The number of para-hydroxylation sites is 1. The summed E-state index contributed by atoms with van der Waals surface area (Å²) in [7, 11) is 1.47. The maximum atomic E-state index is 13.1. The van der Waals surface area contributed by atoms with Gasteiger partial charge in [-0.15, -0.1) is 0 Å². The van der Waals surface area contributed by atoms with Crippen LogP contribution in [0.4, 0.5) is 5.69 Å². The average Bonchev–Trinajstić information content (AvgIpc) is 3.31. The smallest absolute Gasteiger partial charge is 0.272 e. The molecule has 172 valence electrons. The van der Waals surface area contributed by atoms with Crippen LogP contribution in [-0.4, -0.2) is 31.5 Å². The number of ether oxygens (including phenoxy) is 3. The van der Waals surface area contributed by atoms with E-state index in [2.05, 4.69) is 10.6 Å². The van der Waals surface area contributed by atoms with E-state index in [0.29, 0.717) is 34.1 Å². The Balaban J connectivity index is 1.63. The SMILES string of the molecule is COc1ccccc1C(=O)N/C(=C\c1ccc2c(c1)OCO2)C(=O)Nc1ccc(C(C)=O)cc1. The van der Waals surface area contributed by atoms with E-state index in [4.69, 9.17) is 14.2 Å². The van der Waals surface area contributed by atoms with Crippen LogP contribution in [0.15, 0.2) is 72.4 Å². The third kappa shape index (κ3) is 5.07. The molecule has 1 heterocycles. The Morgan fingerprint density at radius 1 is 0.941 bits per heavy atom. The van der Waals surface area contributed by atoms with E-state index in [1.54, 1.807) is 66.7 Å². The molecule has 0 aromatic heterocycles. The van der Waals surface area contributed by atoms with Crippen molar-refractivity contribution in [3.8, 4) is 17.2 Å². The summed E-state index contributed by atoms with van der Waals surface area (Å²) in [5.74, 6) is 0.396. The molecule has 0 bridgehead atoms. The zero-order valence-electron chi connectivity index (χ0n) is 18.6. The number of amides is 2. The van der Waals surface area contributed by atoms with E-state index < -0.39 is 11.8 Å². The molecule has 34 heavy (non-hydrogen) atoms. The van der Waals surface area contributed by atoms with Crippen molar-refractivity contribution in [3.63, 3.8) is 0 Å². The minimum Gasteiger partial charge on any atom is -0.496 e. The molecule has 3 aromatic carbocycles. The van der Waals surface area contributed by atoms with Crippen molar-refractivity contribution >= 4 is 29.4 Å². The van der Waals surface area contributed by atoms with Crippen LogP contribution in [0.3, 0.4) is 0 Å². The van der Waals surface area contributed by atoms with E-state index >= 15 is 0 Å². The number of anilines is 1. The number of benzene rings is 3. The summed E-state index contributed by atoms with van der Waals surface area (Å²) >= 11 is 0. The monoisotopic (exact) mass is 458 g/mol. The van der Waals surface area contributed by atoms with Crippen LogP contribution in [-0.2, 0) is 4.79 Å². The molecular formula is C26H22N2O6. The van der Waals surface area contributed by atoms with E-state index in [-0.39, 0.29) is 23.8 Å². The highest BCUT2D eigenvalue weighted by molar-refractivity contribution is 6.11. The van der Waals surface area contributed by atoms with Crippen LogP contribution in [0.25, 0.3) is 6.08 Å². The lowest BCUT2D eigenvalue weighted by molar-refractivity contribution is -0.113. The van der Waals surface area contributed by atoms with Gasteiger partial charge in [-0.1, -0.05) is 18.2 Å². The zero-order valence-corrected chi connectivity index (χ0v) is 18.6. The third-order valence-corrected chi connectivity index (χ3v) is 5.10. The van der Waals surface area contributed by atoms with E-state index in [1.807, 2.05) is 0 Å². The fourth-order valence-corrected chi connectivity index (χ4v) is 3.34. The van der Waals surface area contributed by atoms with Gasteiger partial charge >= 0.3 is 0 Å². The summed E-state index contributed by atoms with van der Waals surface area (Å²) < 4.78 is 16.0. The third-order valence-electron chi connectivity index (χ3n) is 5.10. The molecule has 0 spiro atoms. The first-order valence-corrected chi connectivity index (χ1v) is 10.4. The molecule has 1 aliphatic heterocycles. The highest BCUT2D eigenvalue weighted by Crippen LogP contribution is 2.33. The Bertz CT molecular complexity index is 1280. The van der Waals surface area contributed by atoms with Gasteiger partial charge in [0.05, 0.1) is 12.7 Å². The normalized spacial score (nSPS) is 12.1. The van der Waals surface area contributed by atoms with Crippen molar-refractivity contribution in [3.05, 3.63) is 89.1 Å². The predicted molar refractivity (Wildman–Crippen MR) is 126 cm³/mol. The molecule has 0 fully saturated rings. The molecule has 8 heteroatoms. The minimum absolute atomic E-state index is 0.00501. The molecule has 8 nitrogen and oxygen atoms in total. The predicted octanol–water partition coefficient (Wildman–Crippen LogP) is 4.04. The first-order chi connectivity index (χ1) is 16.4. The highest BCUT2D eigenvalue weighted by Gasteiger charge is 2.19. The van der Waals surface area contributed by atoms with Gasteiger partial charge < -0.3 is 24.8 Å². The van der Waals surface area contributed by atoms with Gasteiger partial charge in [-0.2, -0.15) is 0 Å². The van der Waals surface area contributed by atoms with Crippen LogP contribution in [0.2, 0.25) is 0 Å². The van der Waals surface area contributed by atoms with Gasteiger partial charge in [-0.25, -0.2) is 0 Å². The lowest BCUT2D eigenvalue weighted by Gasteiger charge is -2.13. The number of carbonyl (C=O) groups excluding carboxylic acids is 3.